The topological polar surface area (TPSA) is 81.9 Å². The molecular weight excluding hydrogens is 440 g/mol. The summed E-state index contributed by atoms with van der Waals surface area (Å²) in [5.74, 6) is 0.640. The van der Waals surface area contributed by atoms with Crippen LogP contribution in [0.2, 0.25) is 0 Å². The van der Waals surface area contributed by atoms with E-state index in [1.54, 1.807) is 41.9 Å². The van der Waals surface area contributed by atoms with E-state index in [0.29, 0.717) is 39.8 Å². The Morgan fingerprint density at radius 2 is 2.06 bits per heavy atom. The maximum Gasteiger partial charge on any atom is 0.297 e. The first-order valence-electron chi connectivity index (χ1n) is 10.3. The summed E-state index contributed by atoms with van der Waals surface area (Å²) >= 11 is 1.31. The van der Waals surface area contributed by atoms with Crippen LogP contribution in [0.15, 0.2) is 69.8 Å². The van der Waals surface area contributed by atoms with Gasteiger partial charge in [-0.15, -0.1) is 11.3 Å². The highest BCUT2D eigenvalue weighted by molar-refractivity contribution is 7.13. The van der Waals surface area contributed by atoms with E-state index < -0.39 is 11.9 Å². The van der Waals surface area contributed by atoms with Gasteiger partial charge in [-0.05, 0) is 36.8 Å². The Kier molecular flexibility index (Phi) is 5.22. The molecule has 3 heterocycles. The Morgan fingerprint density at radius 1 is 1.21 bits per heavy atom. The van der Waals surface area contributed by atoms with E-state index in [1.165, 1.54) is 23.3 Å². The van der Waals surface area contributed by atoms with Gasteiger partial charge in [0.15, 0.2) is 22.1 Å². The molecule has 4 aromatic rings. The molecule has 5 rings (SSSR count). The number of carbonyl (C=O) groups excluding carboxylic acids is 1. The molecule has 0 fully saturated rings. The monoisotopic (exact) mass is 460 g/mol. The van der Waals surface area contributed by atoms with E-state index in [4.69, 9.17) is 13.9 Å². The number of rotatable bonds is 6. The number of amides is 1. The van der Waals surface area contributed by atoms with Crippen molar-refractivity contribution in [1.82, 2.24) is 4.98 Å². The third-order valence-electron chi connectivity index (χ3n) is 5.51. The minimum atomic E-state index is -0.720. The summed E-state index contributed by atoms with van der Waals surface area (Å²) in [6.45, 7) is 5.89. The van der Waals surface area contributed by atoms with Gasteiger partial charge in [-0.3, -0.25) is 14.5 Å². The van der Waals surface area contributed by atoms with E-state index in [-0.39, 0.29) is 16.8 Å². The van der Waals surface area contributed by atoms with E-state index in [2.05, 4.69) is 11.6 Å². The number of carbonyl (C=O) groups is 1. The number of ether oxygens (including phenoxy) is 2. The largest absolute Gasteiger partial charge is 0.493 e. The third kappa shape index (κ3) is 3.39. The molecule has 0 N–H and O–H groups in total. The van der Waals surface area contributed by atoms with Crippen molar-refractivity contribution >= 4 is 33.3 Å². The molecular formula is C25H20N2O5S. The standard InChI is InChI=1S/C25H20N2O5S/c1-4-10-31-18-8-6-15(13-19(18)30-3)21-20-22(28)16-12-14(2)5-7-17(16)32-23(20)24(29)27(21)25-26-9-11-33-25/h4-9,11-13,21H,1,10H2,2-3H3. The van der Waals surface area contributed by atoms with Crippen molar-refractivity contribution in [2.45, 2.75) is 13.0 Å². The minimum Gasteiger partial charge on any atom is -0.493 e. The van der Waals surface area contributed by atoms with Gasteiger partial charge < -0.3 is 13.9 Å². The van der Waals surface area contributed by atoms with Crippen molar-refractivity contribution in [3.8, 4) is 11.5 Å². The molecule has 8 heteroatoms. The predicted molar refractivity (Wildman–Crippen MR) is 127 cm³/mol. The molecule has 1 atom stereocenters. The van der Waals surface area contributed by atoms with Crippen LogP contribution in [0.25, 0.3) is 11.0 Å². The van der Waals surface area contributed by atoms with Crippen LogP contribution in [0.5, 0.6) is 11.5 Å². The molecule has 0 saturated heterocycles. The zero-order valence-corrected chi connectivity index (χ0v) is 18.8. The lowest BCUT2D eigenvalue weighted by atomic mass is 9.98. The van der Waals surface area contributed by atoms with Crippen molar-refractivity contribution in [3.05, 3.63) is 93.3 Å². The average molecular weight is 461 g/mol. The van der Waals surface area contributed by atoms with Gasteiger partial charge in [0.25, 0.3) is 5.91 Å². The molecule has 33 heavy (non-hydrogen) atoms. The van der Waals surface area contributed by atoms with Crippen molar-refractivity contribution in [1.29, 1.82) is 0 Å². The van der Waals surface area contributed by atoms with Gasteiger partial charge in [-0.2, -0.15) is 0 Å². The van der Waals surface area contributed by atoms with Crippen LogP contribution in [0.4, 0.5) is 5.13 Å². The van der Waals surface area contributed by atoms with Crippen molar-refractivity contribution in [2.24, 2.45) is 0 Å². The molecule has 0 radical (unpaired) electrons. The summed E-state index contributed by atoms with van der Waals surface area (Å²) in [5, 5.41) is 2.69. The number of aryl methyl sites for hydroxylation is 1. The molecule has 2 aromatic carbocycles. The highest BCUT2D eigenvalue weighted by Crippen LogP contribution is 2.43. The van der Waals surface area contributed by atoms with Crippen LogP contribution in [-0.4, -0.2) is 24.6 Å². The molecule has 0 spiro atoms. The second-order valence-corrected chi connectivity index (χ2v) is 8.45. The van der Waals surface area contributed by atoms with Gasteiger partial charge in [0, 0.05) is 11.6 Å². The number of anilines is 1. The van der Waals surface area contributed by atoms with Crippen LogP contribution < -0.4 is 19.8 Å². The lowest BCUT2D eigenvalue weighted by molar-refractivity contribution is 0.0971. The lowest BCUT2D eigenvalue weighted by Gasteiger charge is -2.23. The quantitative estimate of drug-likeness (QED) is 0.382. The first-order chi connectivity index (χ1) is 16.0. The number of hydrogen-bond donors (Lipinski definition) is 0. The summed E-state index contributed by atoms with van der Waals surface area (Å²) in [4.78, 5) is 33.0. The second-order valence-electron chi connectivity index (χ2n) is 7.58. The number of nitrogens with zero attached hydrogens (tertiary/aromatic N) is 2. The average Bonchev–Trinajstić information content (AvgIpc) is 3.45. The van der Waals surface area contributed by atoms with Crippen LogP contribution >= 0.6 is 11.3 Å². The minimum absolute atomic E-state index is 0.0301. The SMILES string of the molecule is C=CCOc1ccc(C2c3c(oc4ccc(C)cc4c3=O)C(=O)N2c2nccs2)cc1OC. The summed E-state index contributed by atoms with van der Waals surface area (Å²) in [7, 11) is 1.54. The van der Waals surface area contributed by atoms with Gasteiger partial charge in [0.1, 0.15) is 12.2 Å². The fourth-order valence-corrected chi connectivity index (χ4v) is 4.72. The molecule has 7 nitrogen and oxygen atoms in total. The Balaban J connectivity index is 1.75. The van der Waals surface area contributed by atoms with E-state index in [1.807, 2.05) is 19.1 Å². The van der Waals surface area contributed by atoms with Crippen LogP contribution in [-0.2, 0) is 0 Å². The lowest BCUT2D eigenvalue weighted by Crippen LogP contribution is -2.29. The molecule has 2 aromatic heterocycles. The molecule has 0 bridgehead atoms. The highest BCUT2D eigenvalue weighted by Gasteiger charge is 2.45. The molecule has 1 aliphatic rings. The Morgan fingerprint density at radius 3 is 2.79 bits per heavy atom. The normalized spacial score (nSPS) is 15.0. The second kappa shape index (κ2) is 8.22. The van der Waals surface area contributed by atoms with Gasteiger partial charge in [0.05, 0.1) is 24.1 Å². The fourth-order valence-electron chi connectivity index (χ4n) is 4.06. The van der Waals surface area contributed by atoms with Crippen molar-refractivity contribution < 1.29 is 18.7 Å². The molecule has 1 unspecified atom stereocenters. The number of thiazole rings is 1. The maximum atomic E-state index is 13.7. The van der Waals surface area contributed by atoms with E-state index in [0.717, 1.165) is 5.56 Å². The van der Waals surface area contributed by atoms with E-state index in [9.17, 15) is 9.59 Å². The van der Waals surface area contributed by atoms with Crippen LogP contribution in [0.1, 0.15) is 33.3 Å². The van der Waals surface area contributed by atoms with E-state index >= 15 is 0 Å². The Labute approximate surface area is 193 Å². The van der Waals surface area contributed by atoms with Gasteiger partial charge in [-0.25, -0.2) is 4.98 Å². The van der Waals surface area contributed by atoms with Gasteiger partial charge in [0.2, 0.25) is 5.76 Å². The Hall–Kier alpha value is -3.91. The molecule has 1 aliphatic heterocycles. The van der Waals surface area contributed by atoms with Crippen molar-refractivity contribution in [3.63, 3.8) is 0 Å². The maximum absolute atomic E-state index is 13.7. The zero-order valence-electron chi connectivity index (χ0n) is 18.0. The summed E-state index contributed by atoms with van der Waals surface area (Å²) < 4.78 is 17.2. The number of benzene rings is 2. The summed E-state index contributed by atoms with van der Waals surface area (Å²) in [5.41, 5.74) is 2.04. The van der Waals surface area contributed by atoms with Crippen LogP contribution in [0.3, 0.4) is 0 Å². The number of aromatic nitrogens is 1. The number of hydrogen-bond acceptors (Lipinski definition) is 7. The van der Waals surface area contributed by atoms with Crippen molar-refractivity contribution in [2.75, 3.05) is 18.6 Å². The zero-order chi connectivity index (χ0) is 23.1. The molecule has 0 aliphatic carbocycles. The summed E-state index contributed by atoms with van der Waals surface area (Å²) in [6.07, 6.45) is 3.26. The Bertz CT molecular complexity index is 1440. The summed E-state index contributed by atoms with van der Waals surface area (Å²) in [6, 6.07) is 9.97. The number of methoxy groups -OCH3 is 1. The predicted octanol–water partition coefficient (Wildman–Crippen LogP) is 4.88. The van der Waals surface area contributed by atoms with Gasteiger partial charge >= 0.3 is 0 Å². The van der Waals surface area contributed by atoms with Crippen LogP contribution in [0, 0.1) is 6.92 Å². The highest BCUT2D eigenvalue weighted by atomic mass is 32.1. The van der Waals surface area contributed by atoms with Gasteiger partial charge in [-0.1, -0.05) is 30.4 Å². The third-order valence-corrected chi connectivity index (χ3v) is 6.28. The molecule has 166 valence electrons. The number of fused-ring (bicyclic) bond motifs is 2. The molecule has 0 saturated carbocycles. The first-order valence-corrected chi connectivity index (χ1v) is 11.1. The first kappa shape index (κ1) is 21.0. The smallest absolute Gasteiger partial charge is 0.297 e. The fraction of sp³-hybridized carbons (Fsp3) is 0.160. The molecule has 1 amide bonds.